The first kappa shape index (κ1) is 5.13. The molecule has 54 valence electrons. The monoisotopic (exact) mass is 146 g/mol. The third kappa shape index (κ3) is 1.15. The second-order valence-electron chi connectivity index (χ2n) is 2.19. The molecule has 0 aliphatic carbocycles. The Morgan fingerprint density at radius 3 is 2.73 bits per heavy atom. The van der Waals surface area contributed by atoms with Crippen LogP contribution in [0.5, 0.6) is 0 Å². The van der Waals surface area contributed by atoms with Crippen LogP contribution in [-0.4, -0.2) is 4.98 Å². The average Bonchev–Trinajstić information content (AvgIpc) is 2.54. The third-order valence-corrected chi connectivity index (χ3v) is 1.46. The molecule has 0 atom stereocenters. The molecular weight excluding hydrogens is 138 g/mol. The Morgan fingerprint density at radius 2 is 2.09 bits per heavy atom. The summed E-state index contributed by atoms with van der Waals surface area (Å²) in [6.07, 6.45) is 1.44. The van der Waals surface area contributed by atoms with Crippen molar-refractivity contribution in [2.75, 3.05) is 0 Å². The normalized spacial score (nSPS) is 11.1. The van der Waals surface area contributed by atoms with E-state index in [0.717, 1.165) is 5.56 Å². The second-order valence-corrected chi connectivity index (χ2v) is 2.19. The number of oxazole rings is 1. The summed E-state index contributed by atoms with van der Waals surface area (Å²) < 4.78 is 11.9. The quantitative estimate of drug-likeness (QED) is 0.617. The number of hydrogen-bond donors (Lipinski definition) is 0. The van der Waals surface area contributed by atoms with E-state index in [1.165, 1.54) is 6.26 Å². The van der Waals surface area contributed by atoms with E-state index in [9.17, 15) is 0 Å². The van der Waals surface area contributed by atoms with Gasteiger partial charge < -0.3 is 4.42 Å². The van der Waals surface area contributed by atoms with Gasteiger partial charge in [-0.3, -0.25) is 0 Å². The Bertz CT molecular complexity index is 369. The first-order valence-electron chi connectivity index (χ1n) is 3.84. The van der Waals surface area contributed by atoms with Crippen molar-refractivity contribution in [3.05, 3.63) is 43.0 Å². The van der Waals surface area contributed by atoms with E-state index in [-0.39, 0.29) is 6.37 Å². The van der Waals surface area contributed by atoms with Gasteiger partial charge in [-0.1, -0.05) is 30.3 Å². The molecule has 11 heavy (non-hydrogen) atoms. The summed E-state index contributed by atoms with van der Waals surface area (Å²) in [7, 11) is 0. The summed E-state index contributed by atoms with van der Waals surface area (Å²) in [5.74, 6) is 0. The molecule has 0 saturated heterocycles. The van der Waals surface area contributed by atoms with Crippen molar-refractivity contribution >= 4 is 0 Å². The molecule has 2 nitrogen and oxygen atoms in total. The number of nitrogens with zero attached hydrogens (tertiary/aromatic N) is 1. The summed E-state index contributed by atoms with van der Waals surface area (Å²) >= 11 is 0. The molecule has 0 fully saturated rings. The topological polar surface area (TPSA) is 26.0 Å². The minimum absolute atomic E-state index is 0.0474. The molecule has 2 rings (SSSR count). The van der Waals surface area contributed by atoms with Crippen LogP contribution in [0.1, 0.15) is 1.37 Å². The van der Waals surface area contributed by atoms with Crippen LogP contribution >= 0.6 is 0 Å². The van der Waals surface area contributed by atoms with Gasteiger partial charge in [-0.25, -0.2) is 4.98 Å². The molecule has 0 spiro atoms. The summed E-state index contributed by atoms with van der Waals surface area (Å²) in [5, 5.41) is 0. The van der Waals surface area contributed by atoms with Crippen molar-refractivity contribution in [3.63, 3.8) is 0 Å². The highest BCUT2D eigenvalue weighted by Gasteiger charge is 1.96. The Hall–Kier alpha value is -1.57. The van der Waals surface area contributed by atoms with E-state index >= 15 is 0 Å². The molecule has 0 aliphatic heterocycles. The first-order chi connectivity index (χ1) is 5.86. The molecule has 0 N–H and O–H groups in total. The minimum atomic E-state index is -0.0474. The molecule has 2 heteroatoms. The van der Waals surface area contributed by atoms with Gasteiger partial charge in [-0.2, -0.15) is 0 Å². The van der Waals surface area contributed by atoms with Gasteiger partial charge in [-0.05, 0) is 0 Å². The van der Waals surface area contributed by atoms with Crippen LogP contribution in [0.25, 0.3) is 11.3 Å². The maximum atomic E-state index is 7.09. The van der Waals surface area contributed by atoms with Gasteiger partial charge in [0.1, 0.15) is 13.3 Å². The SMILES string of the molecule is [2H]c1nc(-c2ccccc2)co1. The van der Waals surface area contributed by atoms with Crippen molar-refractivity contribution in [1.82, 2.24) is 4.98 Å². The zero-order chi connectivity index (χ0) is 8.39. The van der Waals surface area contributed by atoms with Crippen molar-refractivity contribution in [3.8, 4) is 11.3 Å². The first-order valence-corrected chi connectivity index (χ1v) is 3.34. The number of rotatable bonds is 1. The minimum Gasteiger partial charge on any atom is -0.451 e. The van der Waals surface area contributed by atoms with E-state index in [1.54, 1.807) is 0 Å². The van der Waals surface area contributed by atoms with Crippen LogP contribution in [-0.2, 0) is 0 Å². The molecule has 1 heterocycles. The van der Waals surface area contributed by atoms with Gasteiger partial charge in [0.05, 0.1) is 0 Å². The lowest BCUT2D eigenvalue weighted by Crippen LogP contribution is -1.73. The predicted molar refractivity (Wildman–Crippen MR) is 41.9 cm³/mol. The zero-order valence-corrected chi connectivity index (χ0v) is 5.82. The van der Waals surface area contributed by atoms with Crippen molar-refractivity contribution in [2.45, 2.75) is 0 Å². The molecule has 0 amide bonds. The average molecular weight is 146 g/mol. The molecule has 0 saturated carbocycles. The van der Waals surface area contributed by atoms with Crippen LogP contribution in [0, 0.1) is 0 Å². The lowest BCUT2D eigenvalue weighted by Gasteiger charge is -1.91. The van der Waals surface area contributed by atoms with Crippen molar-refractivity contribution in [2.24, 2.45) is 0 Å². The molecule has 0 radical (unpaired) electrons. The van der Waals surface area contributed by atoms with Crippen molar-refractivity contribution < 1.29 is 5.79 Å². The van der Waals surface area contributed by atoms with Crippen LogP contribution in [0.4, 0.5) is 0 Å². The van der Waals surface area contributed by atoms with E-state index < -0.39 is 0 Å². The Labute approximate surface area is 65.9 Å². The van der Waals surface area contributed by atoms with Gasteiger partial charge in [0.15, 0.2) is 6.37 Å². The molecule has 0 aliphatic rings. The van der Waals surface area contributed by atoms with E-state index in [2.05, 4.69) is 4.98 Å². The maximum absolute atomic E-state index is 7.09. The summed E-state index contributed by atoms with van der Waals surface area (Å²) in [6, 6.07) is 9.64. The molecule has 0 unspecified atom stereocenters. The molecule has 2 aromatic rings. The lowest BCUT2D eigenvalue weighted by atomic mass is 10.2. The van der Waals surface area contributed by atoms with E-state index in [0.29, 0.717) is 5.69 Å². The predicted octanol–water partition coefficient (Wildman–Crippen LogP) is 2.34. The van der Waals surface area contributed by atoms with Crippen LogP contribution in [0.3, 0.4) is 0 Å². The number of hydrogen-bond acceptors (Lipinski definition) is 2. The van der Waals surface area contributed by atoms with Crippen LogP contribution in [0.15, 0.2) is 47.4 Å². The fourth-order valence-corrected chi connectivity index (χ4v) is 0.926. The van der Waals surface area contributed by atoms with Crippen molar-refractivity contribution in [1.29, 1.82) is 0 Å². The third-order valence-electron chi connectivity index (χ3n) is 1.46. The standard InChI is InChI=1S/C9H7NO/c1-2-4-8(5-3-1)9-6-11-7-10-9/h1-7H/i7D. The highest BCUT2D eigenvalue weighted by Crippen LogP contribution is 2.14. The zero-order valence-electron chi connectivity index (χ0n) is 6.82. The van der Waals surface area contributed by atoms with Gasteiger partial charge in [0.25, 0.3) is 0 Å². The fourth-order valence-electron chi connectivity index (χ4n) is 0.926. The maximum Gasteiger partial charge on any atom is 0.181 e. The van der Waals surface area contributed by atoms with Gasteiger partial charge >= 0.3 is 0 Å². The van der Waals surface area contributed by atoms with Crippen LogP contribution < -0.4 is 0 Å². The molecule has 1 aromatic carbocycles. The lowest BCUT2D eigenvalue weighted by molar-refractivity contribution is 0.558. The molecule has 1 aromatic heterocycles. The van der Waals surface area contributed by atoms with E-state index in [1.807, 2.05) is 30.3 Å². The Kier molecular flexibility index (Phi) is 1.20. The molecular formula is C9H7NO. The fraction of sp³-hybridized carbons (Fsp3) is 0. The summed E-state index contributed by atoms with van der Waals surface area (Å²) in [6.45, 7) is 0. The number of benzene rings is 1. The van der Waals surface area contributed by atoms with Gasteiger partial charge in [-0.15, -0.1) is 0 Å². The largest absolute Gasteiger partial charge is 0.451 e. The second kappa shape index (κ2) is 2.58. The van der Waals surface area contributed by atoms with Crippen LogP contribution in [0.2, 0.25) is 0 Å². The Morgan fingerprint density at radius 1 is 1.27 bits per heavy atom. The Balaban J connectivity index is 2.45. The highest BCUT2D eigenvalue weighted by atomic mass is 16.3. The van der Waals surface area contributed by atoms with Gasteiger partial charge in [0.2, 0.25) is 0 Å². The highest BCUT2D eigenvalue weighted by molar-refractivity contribution is 5.56. The van der Waals surface area contributed by atoms with E-state index in [4.69, 9.17) is 5.79 Å². The van der Waals surface area contributed by atoms with Gasteiger partial charge in [0, 0.05) is 5.56 Å². The summed E-state index contributed by atoms with van der Waals surface area (Å²) in [4.78, 5) is 3.88. The smallest absolute Gasteiger partial charge is 0.181 e. The molecule has 0 bridgehead atoms. The summed E-state index contributed by atoms with van der Waals surface area (Å²) in [5.41, 5.74) is 1.68. The number of aromatic nitrogens is 1.